The predicted molar refractivity (Wildman–Crippen MR) is 75.3 cm³/mol. The number of para-hydroxylation sites is 1. The number of hydrogen-bond acceptors (Lipinski definition) is 6. The number of hydrogen-bond donors (Lipinski definition) is 1. The first-order valence-corrected chi connectivity index (χ1v) is 7.93. The molecule has 2 aromatic rings. The van der Waals surface area contributed by atoms with Gasteiger partial charge in [0.2, 0.25) is 5.91 Å². The van der Waals surface area contributed by atoms with Gasteiger partial charge >= 0.3 is 0 Å². The minimum absolute atomic E-state index is 0.164. The molecule has 1 aromatic carbocycles. The molecule has 2 rings (SSSR count). The van der Waals surface area contributed by atoms with Gasteiger partial charge in [-0.2, -0.15) is 4.68 Å². The number of aromatic nitrogens is 4. The van der Waals surface area contributed by atoms with Crippen LogP contribution < -0.4 is 5.32 Å². The van der Waals surface area contributed by atoms with Crippen LogP contribution in [0.4, 0.5) is 0 Å². The fraction of sp³-hybridized carbons (Fsp3) is 0.333. The summed E-state index contributed by atoms with van der Waals surface area (Å²) in [4.78, 5) is 11.5. The summed E-state index contributed by atoms with van der Waals surface area (Å²) in [5, 5.41) is 12.2. The van der Waals surface area contributed by atoms with E-state index >= 15 is 0 Å². The molecule has 0 spiro atoms. The Kier molecular flexibility index (Phi) is 4.32. The van der Waals surface area contributed by atoms with E-state index in [0.29, 0.717) is 5.69 Å². The normalized spacial score (nSPS) is 12.9. The molecule has 1 atom stereocenters. The van der Waals surface area contributed by atoms with Crippen LogP contribution in [0.25, 0.3) is 5.69 Å². The molecule has 21 heavy (non-hydrogen) atoms. The molecule has 9 heteroatoms. The minimum Gasteiger partial charge on any atom is -0.358 e. The molecule has 1 heterocycles. The van der Waals surface area contributed by atoms with E-state index in [1.807, 2.05) is 6.07 Å². The van der Waals surface area contributed by atoms with E-state index in [4.69, 9.17) is 0 Å². The van der Waals surface area contributed by atoms with E-state index in [1.54, 1.807) is 24.3 Å². The van der Waals surface area contributed by atoms with Crippen LogP contribution in [0, 0.1) is 0 Å². The van der Waals surface area contributed by atoms with Crippen molar-refractivity contribution in [1.29, 1.82) is 0 Å². The van der Waals surface area contributed by atoms with Crippen molar-refractivity contribution in [1.82, 2.24) is 25.5 Å². The Balaban J connectivity index is 2.30. The average Bonchev–Trinajstić information content (AvgIpc) is 2.93. The standard InChI is InChI=1S/C12H15N5O3S/c1-9(12(18)13-2)21(19,20)8-11-14-15-16-17(11)10-6-4-3-5-7-10/h3-7,9H,8H2,1-2H3,(H,13,18)/t9-/m0/s1. The molecule has 0 aliphatic carbocycles. The van der Waals surface area contributed by atoms with Gasteiger partial charge in [0.15, 0.2) is 15.7 Å². The number of nitrogens with one attached hydrogen (secondary N) is 1. The van der Waals surface area contributed by atoms with Crippen LogP contribution in [0.3, 0.4) is 0 Å². The van der Waals surface area contributed by atoms with Crippen LogP contribution in [0.1, 0.15) is 12.7 Å². The minimum atomic E-state index is -3.70. The van der Waals surface area contributed by atoms with Gasteiger partial charge in [-0.25, -0.2) is 8.42 Å². The topological polar surface area (TPSA) is 107 Å². The van der Waals surface area contributed by atoms with Gasteiger partial charge in [-0.05, 0) is 29.5 Å². The van der Waals surface area contributed by atoms with Gasteiger partial charge in [0.1, 0.15) is 11.0 Å². The van der Waals surface area contributed by atoms with Crippen LogP contribution in [-0.2, 0) is 20.4 Å². The zero-order chi connectivity index (χ0) is 15.5. The van der Waals surface area contributed by atoms with Crippen LogP contribution in [0.2, 0.25) is 0 Å². The second-order valence-electron chi connectivity index (χ2n) is 4.41. The Hall–Kier alpha value is -2.29. The molecule has 8 nitrogen and oxygen atoms in total. The van der Waals surface area contributed by atoms with Crippen LogP contribution in [0.5, 0.6) is 0 Å². The molecule has 0 bridgehead atoms. The maximum atomic E-state index is 12.2. The molecule has 0 unspecified atom stereocenters. The summed E-state index contributed by atoms with van der Waals surface area (Å²) < 4.78 is 25.8. The second-order valence-corrected chi connectivity index (χ2v) is 6.73. The van der Waals surface area contributed by atoms with Crippen molar-refractivity contribution >= 4 is 15.7 Å². The van der Waals surface area contributed by atoms with Crippen molar-refractivity contribution in [2.45, 2.75) is 17.9 Å². The third-order valence-corrected chi connectivity index (χ3v) is 4.97. The maximum Gasteiger partial charge on any atom is 0.237 e. The SMILES string of the molecule is CNC(=O)[C@H](C)S(=O)(=O)Cc1nnnn1-c1ccccc1. The molecule has 0 aliphatic rings. The van der Waals surface area contributed by atoms with E-state index in [1.165, 1.54) is 18.7 Å². The number of rotatable bonds is 5. The van der Waals surface area contributed by atoms with Crippen LogP contribution in [-0.4, -0.2) is 46.8 Å². The van der Waals surface area contributed by atoms with Gasteiger partial charge in [-0.3, -0.25) is 4.79 Å². The highest BCUT2D eigenvalue weighted by molar-refractivity contribution is 7.92. The molecule has 0 fully saturated rings. The van der Waals surface area contributed by atoms with Crippen molar-refractivity contribution in [3.05, 3.63) is 36.2 Å². The van der Waals surface area contributed by atoms with Gasteiger partial charge in [-0.15, -0.1) is 5.10 Å². The van der Waals surface area contributed by atoms with Crippen molar-refractivity contribution in [2.75, 3.05) is 7.05 Å². The highest BCUT2D eigenvalue weighted by Gasteiger charge is 2.29. The largest absolute Gasteiger partial charge is 0.358 e. The smallest absolute Gasteiger partial charge is 0.237 e. The lowest BCUT2D eigenvalue weighted by molar-refractivity contribution is -0.119. The van der Waals surface area contributed by atoms with Crippen molar-refractivity contribution in [3.8, 4) is 5.69 Å². The van der Waals surface area contributed by atoms with Gasteiger partial charge in [0.05, 0.1) is 5.69 Å². The molecule has 0 saturated heterocycles. The third-order valence-electron chi connectivity index (χ3n) is 3.02. The van der Waals surface area contributed by atoms with E-state index in [9.17, 15) is 13.2 Å². The average molecular weight is 309 g/mol. The Morgan fingerprint density at radius 1 is 1.33 bits per heavy atom. The second kappa shape index (κ2) is 6.00. The summed E-state index contributed by atoms with van der Waals surface area (Å²) in [7, 11) is -2.31. The van der Waals surface area contributed by atoms with Crippen LogP contribution in [0.15, 0.2) is 30.3 Å². The van der Waals surface area contributed by atoms with Gasteiger partial charge in [0, 0.05) is 7.05 Å². The summed E-state index contributed by atoms with van der Waals surface area (Å²) in [6.07, 6.45) is 0. The Morgan fingerprint density at radius 3 is 2.62 bits per heavy atom. The van der Waals surface area contributed by atoms with E-state index in [2.05, 4.69) is 20.8 Å². The molecule has 0 aliphatic heterocycles. The van der Waals surface area contributed by atoms with E-state index < -0.39 is 26.7 Å². The number of benzene rings is 1. The molecule has 0 saturated carbocycles. The number of carbonyl (C=O) groups is 1. The summed E-state index contributed by atoms with van der Waals surface area (Å²) in [6, 6.07) is 8.94. The van der Waals surface area contributed by atoms with Crippen LogP contribution >= 0.6 is 0 Å². The maximum absolute atomic E-state index is 12.2. The zero-order valence-corrected chi connectivity index (χ0v) is 12.4. The molecule has 1 amide bonds. The Labute approximate surface area is 122 Å². The summed E-state index contributed by atoms with van der Waals surface area (Å²) in [5.41, 5.74) is 0.653. The van der Waals surface area contributed by atoms with Crippen molar-refractivity contribution in [3.63, 3.8) is 0 Å². The highest BCUT2D eigenvalue weighted by atomic mass is 32.2. The van der Waals surface area contributed by atoms with Crippen molar-refractivity contribution < 1.29 is 13.2 Å². The quantitative estimate of drug-likeness (QED) is 0.813. The fourth-order valence-electron chi connectivity index (χ4n) is 1.74. The Morgan fingerprint density at radius 2 is 2.00 bits per heavy atom. The fourth-order valence-corrected chi connectivity index (χ4v) is 2.97. The zero-order valence-electron chi connectivity index (χ0n) is 11.6. The van der Waals surface area contributed by atoms with E-state index in [-0.39, 0.29) is 5.82 Å². The molecule has 112 valence electrons. The summed E-state index contributed by atoms with van der Waals surface area (Å²) in [6.45, 7) is 1.34. The summed E-state index contributed by atoms with van der Waals surface area (Å²) in [5.74, 6) is -0.811. The number of tetrazole rings is 1. The monoisotopic (exact) mass is 309 g/mol. The Bertz CT molecular complexity index is 726. The molecule has 1 aromatic heterocycles. The predicted octanol–water partition coefficient (Wildman–Crippen LogP) is -0.288. The number of sulfone groups is 1. The first kappa shape index (κ1) is 15.1. The molecule has 1 N–H and O–H groups in total. The van der Waals surface area contributed by atoms with E-state index in [0.717, 1.165) is 0 Å². The third kappa shape index (κ3) is 3.24. The van der Waals surface area contributed by atoms with Gasteiger partial charge in [-0.1, -0.05) is 18.2 Å². The van der Waals surface area contributed by atoms with Crippen molar-refractivity contribution in [2.24, 2.45) is 0 Å². The lowest BCUT2D eigenvalue weighted by Gasteiger charge is -2.11. The molecular weight excluding hydrogens is 294 g/mol. The molecular formula is C12H15N5O3S. The van der Waals surface area contributed by atoms with Gasteiger partial charge in [0.25, 0.3) is 0 Å². The summed E-state index contributed by atoms with van der Waals surface area (Å²) >= 11 is 0. The number of amides is 1. The highest BCUT2D eigenvalue weighted by Crippen LogP contribution is 2.13. The van der Waals surface area contributed by atoms with Gasteiger partial charge < -0.3 is 5.32 Å². The number of nitrogens with zero attached hydrogens (tertiary/aromatic N) is 4. The number of carbonyl (C=O) groups excluding carboxylic acids is 1. The lowest BCUT2D eigenvalue weighted by atomic mass is 10.3. The first-order chi connectivity index (χ1) is 9.95. The lowest BCUT2D eigenvalue weighted by Crippen LogP contribution is -2.36. The first-order valence-electron chi connectivity index (χ1n) is 6.21. The molecule has 0 radical (unpaired) electrons.